The van der Waals surface area contributed by atoms with Crippen LogP contribution in [-0.2, 0) is 4.74 Å². The molecule has 2 aromatic carbocycles. The van der Waals surface area contributed by atoms with Crippen molar-refractivity contribution in [2.24, 2.45) is 0 Å². The van der Waals surface area contributed by atoms with E-state index in [-0.39, 0.29) is 5.91 Å². The van der Waals surface area contributed by atoms with Gasteiger partial charge in [0.1, 0.15) is 0 Å². The number of carbonyl (C=O) groups is 2. The fourth-order valence-electron chi connectivity index (χ4n) is 2.80. The number of nitrogens with zero attached hydrogens (tertiary/aromatic N) is 1. The van der Waals surface area contributed by atoms with E-state index < -0.39 is 5.97 Å². The minimum Gasteiger partial charge on any atom is -0.465 e. The molecule has 1 heterocycles. The summed E-state index contributed by atoms with van der Waals surface area (Å²) in [5.74, 6) is -0.618. The third-order valence-corrected chi connectivity index (χ3v) is 4.31. The first kappa shape index (κ1) is 19.1. The molecule has 3 rings (SSSR count). The van der Waals surface area contributed by atoms with Crippen LogP contribution in [0.25, 0.3) is 0 Å². The maximum Gasteiger partial charge on any atom is 0.337 e. The molecule has 1 aromatic heterocycles. The number of methoxy groups -OCH3 is 1. The van der Waals surface area contributed by atoms with Crippen molar-refractivity contribution < 1.29 is 14.3 Å². The van der Waals surface area contributed by atoms with E-state index in [2.05, 4.69) is 20.4 Å². The Labute approximate surface area is 163 Å². The van der Waals surface area contributed by atoms with Crippen molar-refractivity contribution in [2.75, 3.05) is 17.7 Å². The summed E-state index contributed by atoms with van der Waals surface area (Å²) in [5.41, 5.74) is 5.15. The Morgan fingerprint density at radius 3 is 2.21 bits per heavy atom. The number of para-hydroxylation sites is 1. The fraction of sp³-hybridized carbons (Fsp3) is 0.136. The Morgan fingerprint density at radius 2 is 1.57 bits per heavy atom. The molecule has 28 heavy (non-hydrogen) atoms. The molecule has 2 N–H and O–H groups in total. The Hall–Kier alpha value is -3.67. The van der Waals surface area contributed by atoms with Crippen LogP contribution >= 0.6 is 0 Å². The summed E-state index contributed by atoms with van der Waals surface area (Å²) in [5, 5.41) is 6.13. The van der Waals surface area contributed by atoms with Gasteiger partial charge in [0.2, 0.25) is 0 Å². The zero-order valence-corrected chi connectivity index (χ0v) is 15.9. The van der Waals surface area contributed by atoms with Crippen molar-refractivity contribution in [1.29, 1.82) is 0 Å². The maximum atomic E-state index is 12.6. The van der Waals surface area contributed by atoms with Crippen LogP contribution in [0.3, 0.4) is 0 Å². The van der Waals surface area contributed by atoms with Gasteiger partial charge in [-0.2, -0.15) is 0 Å². The van der Waals surface area contributed by atoms with Crippen LogP contribution in [0.1, 0.15) is 31.8 Å². The summed E-state index contributed by atoms with van der Waals surface area (Å²) >= 11 is 0. The largest absolute Gasteiger partial charge is 0.465 e. The predicted octanol–water partition coefficient (Wildman–Crippen LogP) is 4.48. The standard InChI is InChI=1S/C22H21N3O3/c1-14-5-4-6-15(2)20(14)25-21(26)17-11-19(13-23-12-17)24-18-9-7-16(8-10-18)22(27)28-3/h4-13,24H,1-3H3,(H,25,26). The lowest BCUT2D eigenvalue weighted by atomic mass is 10.1. The first-order valence-electron chi connectivity index (χ1n) is 8.76. The molecule has 0 aliphatic heterocycles. The second kappa shape index (κ2) is 8.35. The molecule has 0 fully saturated rings. The third-order valence-electron chi connectivity index (χ3n) is 4.31. The number of nitrogens with one attached hydrogen (secondary N) is 2. The van der Waals surface area contributed by atoms with Gasteiger partial charge in [0.15, 0.2) is 0 Å². The zero-order chi connectivity index (χ0) is 20.1. The molecule has 0 aliphatic carbocycles. The number of aromatic nitrogens is 1. The second-order valence-corrected chi connectivity index (χ2v) is 6.38. The van der Waals surface area contributed by atoms with Gasteiger partial charge in [-0.25, -0.2) is 4.79 Å². The van der Waals surface area contributed by atoms with Gasteiger partial charge in [-0.1, -0.05) is 18.2 Å². The van der Waals surface area contributed by atoms with Crippen LogP contribution in [0.15, 0.2) is 60.9 Å². The van der Waals surface area contributed by atoms with E-state index in [1.807, 2.05) is 32.0 Å². The number of benzene rings is 2. The lowest BCUT2D eigenvalue weighted by molar-refractivity contribution is 0.0600. The van der Waals surface area contributed by atoms with Crippen molar-refractivity contribution in [2.45, 2.75) is 13.8 Å². The van der Waals surface area contributed by atoms with E-state index in [9.17, 15) is 9.59 Å². The van der Waals surface area contributed by atoms with E-state index in [0.29, 0.717) is 16.8 Å². The number of carbonyl (C=O) groups excluding carboxylic acids is 2. The summed E-state index contributed by atoms with van der Waals surface area (Å²) in [6, 6.07) is 14.4. The highest BCUT2D eigenvalue weighted by molar-refractivity contribution is 6.05. The molecule has 6 heteroatoms. The highest BCUT2D eigenvalue weighted by Crippen LogP contribution is 2.22. The zero-order valence-electron chi connectivity index (χ0n) is 15.9. The minimum absolute atomic E-state index is 0.227. The molecular formula is C22H21N3O3. The number of ether oxygens (including phenoxy) is 1. The van der Waals surface area contributed by atoms with Gasteiger partial charge < -0.3 is 15.4 Å². The average Bonchev–Trinajstić information content (AvgIpc) is 2.71. The lowest BCUT2D eigenvalue weighted by Crippen LogP contribution is -2.14. The quantitative estimate of drug-likeness (QED) is 0.643. The van der Waals surface area contributed by atoms with Crippen LogP contribution in [0, 0.1) is 13.8 Å². The topological polar surface area (TPSA) is 80.3 Å². The number of anilines is 3. The summed E-state index contributed by atoms with van der Waals surface area (Å²) in [6.45, 7) is 3.91. The number of pyridine rings is 1. The van der Waals surface area contributed by atoms with Crippen molar-refractivity contribution in [3.63, 3.8) is 0 Å². The average molecular weight is 375 g/mol. The molecule has 6 nitrogen and oxygen atoms in total. The molecule has 0 aliphatic rings. The molecule has 0 unspecified atom stereocenters. The van der Waals surface area contributed by atoms with Gasteiger partial charge in [-0.05, 0) is 55.3 Å². The van der Waals surface area contributed by atoms with Crippen molar-refractivity contribution in [3.05, 3.63) is 83.2 Å². The van der Waals surface area contributed by atoms with Gasteiger partial charge in [0.25, 0.3) is 5.91 Å². The number of hydrogen-bond acceptors (Lipinski definition) is 5. The molecule has 1 amide bonds. The molecule has 142 valence electrons. The van der Waals surface area contributed by atoms with Gasteiger partial charge in [-0.15, -0.1) is 0 Å². The van der Waals surface area contributed by atoms with Crippen molar-refractivity contribution in [1.82, 2.24) is 4.98 Å². The van der Waals surface area contributed by atoms with E-state index in [0.717, 1.165) is 22.5 Å². The smallest absolute Gasteiger partial charge is 0.337 e. The van der Waals surface area contributed by atoms with Gasteiger partial charge in [0, 0.05) is 17.6 Å². The summed E-state index contributed by atoms with van der Waals surface area (Å²) < 4.78 is 4.69. The van der Waals surface area contributed by atoms with Crippen LogP contribution in [0.2, 0.25) is 0 Å². The summed E-state index contributed by atoms with van der Waals surface area (Å²) in [4.78, 5) is 28.3. The monoisotopic (exact) mass is 375 g/mol. The maximum absolute atomic E-state index is 12.6. The number of rotatable bonds is 5. The second-order valence-electron chi connectivity index (χ2n) is 6.38. The Morgan fingerprint density at radius 1 is 0.893 bits per heavy atom. The molecular weight excluding hydrogens is 354 g/mol. The molecule has 0 saturated carbocycles. The summed E-state index contributed by atoms with van der Waals surface area (Å²) in [7, 11) is 1.34. The fourth-order valence-corrected chi connectivity index (χ4v) is 2.80. The molecule has 0 atom stereocenters. The molecule has 3 aromatic rings. The van der Waals surface area contributed by atoms with E-state index in [1.165, 1.54) is 13.3 Å². The SMILES string of the molecule is COC(=O)c1ccc(Nc2cncc(C(=O)Nc3c(C)cccc3C)c2)cc1. The highest BCUT2D eigenvalue weighted by atomic mass is 16.5. The normalized spacial score (nSPS) is 10.2. The highest BCUT2D eigenvalue weighted by Gasteiger charge is 2.11. The Balaban J connectivity index is 1.75. The Bertz CT molecular complexity index is 994. The Kier molecular flexibility index (Phi) is 5.69. The lowest BCUT2D eigenvalue weighted by Gasteiger charge is -2.12. The summed E-state index contributed by atoms with van der Waals surface area (Å²) in [6.07, 6.45) is 3.15. The van der Waals surface area contributed by atoms with Crippen LogP contribution < -0.4 is 10.6 Å². The number of hydrogen-bond donors (Lipinski definition) is 2. The first-order valence-corrected chi connectivity index (χ1v) is 8.76. The number of esters is 1. The van der Waals surface area contributed by atoms with Crippen LogP contribution in [-0.4, -0.2) is 24.0 Å². The van der Waals surface area contributed by atoms with E-state index in [4.69, 9.17) is 0 Å². The van der Waals surface area contributed by atoms with Gasteiger partial charge >= 0.3 is 5.97 Å². The van der Waals surface area contributed by atoms with E-state index >= 15 is 0 Å². The molecule has 0 radical (unpaired) electrons. The predicted molar refractivity (Wildman–Crippen MR) is 109 cm³/mol. The van der Waals surface area contributed by atoms with E-state index in [1.54, 1.807) is 36.5 Å². The van der Waals surface area contributed by atoms with Crippen molar-refractivity contribution >= 4 is 28.9 Å². The van der Waals surface area contributed by atoms with Gasteiger partial charge in [-0.3, -0.25) is 9.78 Å². The number of amides is 1. The first-order chi connectivity index (χ1) is 13.5. The van der Waals surface area contributed by atoms with Crippen LogP contribution in [0.4, 0.5) is 17.1 Å². The number of aryl methyl sites for hydroxylation is 2. The minimum atomic E-state index is -0.390. The third kappa shape index (κ3) is 4.35. The van der Waals surface area contributed by atoms with Crippen molar-refractivity contribution in [3.8, 4) is 0 Å². The molecule has 0 saturated heterocycles. The molecule has 0 spiro atoms. The molecule has 0 bridgehead atoms. The van der Waals surface area contributed by atoms with Gasteiger partial charge in [0.05, 0.1) is 30.1 Å². The van der Waals surface area contributed by atoms with Crippen LogP contribution in [0.5, 0.6) is 0 Å².